The lowest BCUT2D eigenvalue weighted by molar-refractivity contribution is 0.268. The molecular formula is C7H10BrClN2O. The number of aliphatic hydroxyl groups is 1. The van der Waals surface area contributed by atoms with Gasteiger partial charge in [0.15, 0.2) is 0 Å². The Labute approximate surface area is 85.5 Å². The third kappa shape index (κ3) is 3.06. The molecule has 1 heterocycles. The maximum Gasteiger partial charge on any atom is 0.0624 e. The summed E-state index contributed by atoms with van der Waals surface area (Å²) in [6.07, 6.45) is 3.32. The van der Waals surface area contributed by atoms with Crippen LogP contribution in [-0.2, 0) is 0 Å². The molecule has 0 saturated heterocycles. The smallest absolute Gasteiger partial charge is 0.0624 e. The van der Waals surface area contributed by atoms with Crippen molar-refractivity contribution in [2.24, 2.45) is 5.73 Å². The van der Waals surface area contributed by atoms with Gasteiger partial charge in [-0.15, -0.1) is 12.4 Å². The first-order valence-corrected chi connectivity index (χ1v) is 4.00. The summed E-state index contributed by atoms with van der Waals surface area (Å²) in [4.78, 5) is 3.92. The molecule has 5 heteroatoms. The fourth-order valence-corrected chi connectivity index (χ4v) is 1.12. The van der Waals surface area contributed by atoms with E-state index in [2.05, 4.69) is 20.9 Å². The molecule has 0 spiro atoms. The molecule has 68 valence electrons. The van der Waals surface area contributed by atoms with E-state index < -0.39 is 0 Å². The van der Waals surface area contributed by atoms with Gasteiger partial charge in [0.1, 0.15) is 0 Å². The van der Waals surface area contributed by atoms with E-state index in [1.807, 2.05) is 6.07 Å². The largest absolute Gasteiger partial charge is 0.394 e. The summed E-state index contributed by atoms with van der Waals surface area (Å²) in [6, 6.07) is 1.51. The van der Waals surface area contributed by atoms with Crippen LogP contribution in [0.25, 0.3) is 0 Å². The van der Waals surface area contributed by atoms with Crippen molar-refractivity contribution in [3.05, 3.63) is 28.5 Å². The first-order valence-electron chi connectivity index (χ1n) is 3.21. The van der Waals surface area contributed by atoms with Crippen molar-refractivity contribution in [1.82, 2.24) is 4.98 Å². The highest BCUT2D eigenvalue weighted by atomic mass is 79.9. The van der Waals surface area contributed by atoms with Crippen LogP contribution in [0.2, 0.25) is 0 Å². The molecule has 0 unspecified atom stereocenters. The summed E-state index contributed by atoms with van der Waals surface area (Å²) in [5.41, 5.74) is 6.39. The molecule has 3 N–H and O–H groups in total. The second kappa shape index (κ2) is 5.48. The number of nitrogens with two attached hydrogens (primary N) is 1. The van der Waals surface area contributed by atoms with Crippen LogP contribution in [0.1, 0.15) is 11.6 Å². The molecule has 0 aliphatic carbocycles. The SMILES string of the molecule is Cl.N[C@@H](CO)c1cncc(Br)c1. The van der Waals surface area contributed by atoms with Gasteiger partial charge in [-0.25, -0.2) is 0 Å². The van der Waals surface area contributed by atoms with Gasteiger partial charge < -0.3 is 10.8 Å². The van der Waals surface area contributed by atoms with E-state index >= 15 is 0 Å². The highest BCUT2D eigenvalue weighted by molar-refractivity contribution is 9.10. The summed E-state index contributed by atoms with van der Waals surface area (Å²) < 4.78 is 0.874. The van der Waals surface area contributed by atoms with Gasteiger partial charge >= 0.3 is 0 Å². The normalized spacial score (nSPS) is 11.9. The number of hydrogen-bond acceptors (Lipinski definition) is 3. The van der Waals surface area contributed by atoms with Gasteiger partial charge in [0, 0.05) is 16.9 Å². The van der Waals surface area contributed by atoms with Crippen LogP contribution in [0.4, 0.5) is 0 Å². The Balaban J connectivity index is 0.00000121. The Bertz CT molecular complexity index is 247. The maximum absolute atomic E-state index is 8.71. The molecular weight excluding hydrogens is 243 g/mol. The fraction of sp³-hybridized carbons (Fsp3) is 0.286. The van der Waals surface area contributed by atoms with Gasteiger partial charge in [-0.1, -0.05) is 0 Å². The number of aliphatic hydroxyl groups excluding tert-OH is 1. The number of aromatic nitrogens is 1. The van der Waals surface area contributed by atoms with Gasteiger partial charge in [-0.3, -0.25) is 4.98 Å². The quantitative estimate of drug-likeness (QED) is 0.834. The van der Waals surface area contributed by atoms with Crippen LogP contribution in [-0.4, -0.2) is 16.7 Å². The van der Waals surface area contributed by atoms with E-state index in [1.54, 1.807) is 12.4 Å². The number of hydrogen-bond donors (Lipinski definition) is 2. The van der Waals surface area contributed by atoms with E-state index in [4.69, 9.17) is 10.8 Å². The lowest BCUT2D eigenvalue weighted by Crippen LogP contribution is -2.14. The summed E-state index contributed by atoms with van der Waals surface area (Å²) in [6.45, 7) is -0.0574. The molecule has 3 nitrogen and oxygen atoms in total. The van der Waals surface area contributed by atoms with Crippen molar-refractivity contribution < 1.29 is 5.11 Å². The van der Waals surface area contributed by atoms with Crippen molar-refractivity contribution in [2.75, 3.05) is 6.61 Å². The minimum atomic E-state index is -0.333. The first kappa shape index (κ1) is 11.8. The van der Waals surface area contributed by atoms with E-state index in [0.717, 1.165) is 10.0 Å². The van der Waals surface area contributed by atoms with Gasteiger partial charge in [-0.2, -0.15) is 0 Å². The van der Waals surface area contributed by atoms with Crippen molar-refractivity contribution in [1.29, 1.82) is 0 Å². The molecule has 0 aliphatic rings. The number of nitrogens with zero attached hydrogens (tertiary/aromatic N) is 1. The van der Waals surface area contributed by atoms with Gasteiger partial charge in [0.2, 0.25) is 0 Å². The minimum Gasteiger partial charge on any atom is -0.394 e. The van der Waals surface area contributed by atoms with E-state index in [9.17, 15) is 0 Å². The molecule has 1 aromatic heterocycles. The fourth-order valence-electron chi connectivity index (χ4n) is 0.736. The predicted octanol–water partition coefficient (Wildman–Crippen LogP) is 1.26. The van der Waals surface area contributed by atoms with Crippen molar-refractivity contribution >= 4 is 28.3 Å². The van der Waals surface area contributed by atoms with E-state index in [0.29, 0.717) is 0 Å². The molecule has 1 aromatic rings. The Hall–Kier alpha value is -0.160. The van der Waals surface area contributed by atoms with Crippen molar-refractivity contribution in [3.63, 3.8) is 0 Å². The number of halogens is 2. The molecule has 1 atom stereocenters. The second-order valence-corrected chi connectivity index (χ2v) is 3.14. The van der Waals surface area contributed by atoms with Crippen LogP contribution in [0.3, 0.4) is 0 Å². The summed E-state index contributed by atoms with van der Waals surface area (Å²) in [5.74, 6) is 0. The zero-order valence-electron chi connectivity index (χ0n) is 6.27. The van der Waals surface area contributed by atoms with Gasteiger partial charge in [0.05, 0.1) is 12.6 Å². The average molecular weight is 254 g/mol. The third-order valence-electron chi connectivity index (χ3n) is 1.35. The topological polar surface area (TPSA) is 59.1 Å². The average Bonchev–Trinajstić information content (AvgIpc) is 2.03. The standard InChI is InChI=1S/C7H9BrN2O.ClH/c8-6-1-5(2-10-3-6)7(9)4-11;/h1-3,7,11H,4,9H2;1H/t7-;/m0./s1. The number of pyridine rings is 1. The highest BCUT2D eigenvalue weighted by Crippen LogP contribution is 2.13. The summed E-state index contributed by atoms with van der Waals surface area (Å²) in [7, 11) is 0. The first-order chi connectivity index (χ1) is 5.24. The van der Waals surface area contributed by atoms with Crippen LogP contribution in [0.15, 0.2) is 22.9 Å². The lowest BCUT2D eigenvalue weighted by atomic mass is 10.1. The molecule has 0 amide bonds. The van der Waals surface area contributed by atoms with Crippen LogP contribution in [0, 0.1) is 0 Å². The molecule has 0 aliphatic heterocycles. The Morgan fingerprint density at radius 1 is 1.58 bits per heavy atom. The molecule has 0 fully saturated rings. The van der Waals surface area contributed by atoms with E-state index in [1.165, 1.54) is 0 Å². The molecule has 0 aromatic carbocycles. The third-order valence-corrected chi connectivity index (χ3v) is 1.78. The van der Waals surface area contributed by atoms with Crippen molar-refractivity contribution in [2.45, 2.75) is 6.04 Å². The number of rotatable bonds is 2. The Morgan fingerprint density at radius 3 is 2.75 bits per heavy atom. The summed E-state index contributed by atoms with van der Waals surface area (Å²) in [5, 5.41) is 8.71. The zero-order valence-corrected chi connectivity index (χ0v) is 8.68. The van der Waals surface area contributed by atoms with Crippen LogP contribution < -0.4 is 5.73 Å². The predicted molar refractivity (Wildman–Crippen MR) is 53.2 cm³/mol. The maximum atomic E-state index is 8.71. The van der Waals surface area contributed by atoms with Crippen molar-refractivity contribution in [3.8, 4) is 0 Å². The minimum absolute atomic E-state index is 0. The molecule has 1 rings (SSSR count). The van der Waals surface area contributed by atoms with Crippen LogP contribution >= 0.6 is 28.3 Å². The lowest BCUT2D eigenvalue weighted by Gasteiger charge is -2.06. The Morgan fingerprint density at radius 2 is 2.25 bits per heavy atom. The molecule has 0 bridgehead atoms. The highest BCUT2D eigenvalue weighted by Gasteiger charge is 2.03. The van der Waals surface area contributed by atoms with Crippen LogP contribution in [0.5, 0.6) is 0 Å². The molecule has 12 heavy (non-hydrogen) atoms. The zero-order chi connectivity index (χ0) is 8.27. The van der Waals surface area contributed by atoms with E-state index in [-0.39, 0.29) is 25.1 Å². The Kier molecular flexibility index (Phi) is 5.41. The summed E-state index contributed by atoms with van der Waals surface area (Å²) >= 11 is 3.26. The van der Waals surface area contributed by atoms with Gasteiger partial charge in [-0.05, 0) is 27.6 Å². The second-order valence-electron chi connectivity index (χ2n) is 2.23. The molecule has 0 radical (unpaired) electrons. The monoisotopic (exact) mass is 252 g/mol. The molecule has 0 saturated carbocycles. The van der Waals surface area contributed by atoms with Gasteiger partial charge in [0.25, 0.3) is 0 Å².